The molecule has 3 rings (SSSR count). The molecule has 37 heavy (non-hydrogen) atoms. The number of aryl methyl sites for hydroxylation is 1. The lowest BCUT2D eigenvalue weighted by Gasteiger charge is -2.13. The highest BCUT2D eigenvalue weighted by molar-refractivity contribution is 7.85. The molecular weight excluding hydrogens is 494 g/mol. The number of amides is 2. The predicted molar refractivity (Wildman–Crippen MR) is 146 cm³/mol. The number of nitrogens with one attached hydrogen (secondary N) is 1. The Morgan fingerprint density at radius 2 is 1.46 bits per heavy atom. The molecule has 0 radical (unpaired) electrons. The van der Waals surface area contributed by atoms with Gasteiger partial charge in [-0.1, -0.05) is 24.3 Å². The van der Waals surface area contributed by atoms with E-state index in [1.807, 2.05) is 42.5 Å². The largest absolute Gasteiger partial charge is 0.496 e. The molecule has 10 heteroatoms. The number of anilines is 1. The van der Waals surface area contributed by atoms with Crippen molar-refractivity contribution in [2.45, 2.75) is 12.8 Å². The van der Waals surface area contributed by atoms with E-state index in [4.69, 9.17) is 15.0 Å². The highest BCUT2D eigenvalue weighted by Crippen LogP contribution is 2.25. The second-order valence-corrected chi connectivity index (χ2v) is 10.1. The Morgan fingerprint density at radius 3 is 1.92 bits per heavy atom. The van der Waals surface area contributed by atoms with E-state index in [0.29, 0.717) is 17.4 Å². The van der Waals surface area contributed by atoms with E-state index >= 15 is 0 Å². The average molecular weight is 528 g/mol. The van der Waals surface area contributed by atoms with Crippen molar-refractivity contribution in [2.75, 3.05) is 39.3 Å². The number of hydrogen-bond donors (Lipinski definition) is 3. The fraction of sp³-hybridized carbons (Fsp3) is 0.259. The standard InChI is InChI=1S/C26H29N3O3.CH4O3S/c1-29(2)16-4-5-22-17-23(14-15-24(22)32-3)28-26(31)21-12-8-19(9-13-21)18-6-10-20(11-7-18)25(27)30;1-5(2,3)4/h6-15,17H,4-5,16H2,1-3H3,(H2,27,30)(H,28,31);1H3,(H,2,3,4). The summed E-state index contributed by atoms with van der Waals surface area (Å²) in [5, 5.41) is 2.97. The molecule has 0 bridgehead atoms. The first-order chi connectivity index (χ1) is 17.4. The molecule has 2 amide bonds. The van der Waals surface area contributed by atoms with Crippen LogP contribution in [0.1, 0.15) is 32.7 Å². The van der Waals surface area contributed by atoms with Gasteiger partial charge in [-0.3, -0.25) is 14.1 Å². The second kappa shape index (κ2) is 13.5. The van der Waals surface area contributed by atoms with Crippen molar-refractivity contribution in [3.8, 4) is 16.9 Å². The Bertz CT molecular complexity index is 1300. The van der Waals surface area contributed by atoms with Gasteiger partial charge in [0, 0.05) is 16.8 Å². The minimum atomic E-state index is -3.67. The van der Waals surface area contributed by atoms with Gasteiger partial charge in [-0.2, -0.15) is 8.42 Å². The van der Waals surface area contributed by atoms with Crippen molar-refractivity contribution in [3.63, 3.8) is 0 Å². The number of carbonyl (C=O) groups is 2. The molecule has 0 saturated heterocycles. The zero-order valence-electron chi connectivity index (χ0n) is 21.4. The van der Waals surface area contributed by atoms with Crippen molar-refractivity contribution >= 4 is 27.6 Å². The molecule has 0 atom stereocenters. The lowest BCUT2D eigenvalue weighted by atomic mass is 10.0. The summed E-state index contributed by atoms with van der Waals surface area (Å²) in [6, 6.07) is 20.1. The molecule has 0 fully saturated rings. The molecule has 4 N–H and O–H groups in total. The molecule has 0 aliphatic rings. The molecule has 9 nitrogen and oxygen atoms in total. The van der Waals surface area contributed by atoms with Crippen LogP contribution >= 0.6 is 0 Å². The van der Waals surface area contributed by atoms with Gasteiger partial charge >= 0.3 is 0 Å². The lowest BCUT2D eigenvalue weighted by Crippen LogP contribution is -2.14. The van der Waals surface area contributed by atoms with E-state index in [1.165, 1.54) is 0 Å². The van der Waals surface area contributed by atoms with E-state index in [1.54, 1.807) is 31.4 Å². The highest BCUT2D eigenvalue weighted by Gasteiger charge is 2.10. The number of hydrogen-bond acceptors (Lipinski definition) is 6. The number of carbonyl (C=O) groups excluding carboxylic acids is 2. The normalized spacial score (nSPS) is 10.9. The number of rotatable bonds is 9. The summed E-state index contributed by atoms with van der Waals surface area (Å²) in [5.41, 5.74) is 10.0. The molecule has 0 unspecified atom stereocenters. The second-order valence-electron chi connectivity index (χ2n) is 8.64. The van der Waals surface area contributed by atoms with Gasteiger partial charge in [-0.15, -0.1) is 0 Å². The molecule has 0 aliphatic heterocycles. The van der Waals surface area contributed by atoms with Crippen LogP contribution in [0.5, 0.6) is 5.75 Å². The van der Waals surface area contributed by atoms with Crippen molar-refractivity contribution in [1.82, 2.24) is 4.90 Å². The Hall–Kier alpha value is -3.73. The average Bonchev–Trinajstić information content (AvgIpc) is 2.83. The monoisotopic (exact) mass is 527 g/mol. The first kappa shape index (κ1) is 29.5. The molecule has 0 saturated carbocycles. The van der Waals surface area contributed by atoms with Crippen molar-refractivity contribution in [3.05, 3.63) is 83.4 Å². The van der Waals surface area contributed by atoms with E-state index in [9.17, 15) is 18.0 Å². The fourth-order valence-corrected chi connectivity index (χ4v) is 3.48. The van der Waals surface area contributed by atoms with Crippen LogP contribution < -0.4 is 15.8 Å². The van der Waals surface area contributed by atoms with E-state index in [-0.39, 0.29) is 5.91 Å². The number of primary amides is 1. The Kier molecular flexibility index (Phi) is 10.8. The quantitative estimate of drug-likeness (QED) is 0.361. The number of benzene rings is 3. The summed E-state index contributed by atoms with van der Waals surface area (Å²) in [6.07, 6.45) is 2.59. The lowest BCUT2D eigenvalue weighted by molar-refractivity contribution is 0.0997. The Labute approximate surface area is 218 Å². The first-order valence-corrected chi connectivity index (χ1v) is 13.3. The van der Waals surface area contributed by atoms with E-state index in [2.05, 4.69) is 24.3 Å². The van der Waals surface area contributed by atoms with Gasteiger partial charge in [0.1, 0.15) is 5.75 Å². The molecule has 198 valence electrons. The third kappa shape index (κ3) is 10.4. The first-order valence-electron chi connectivity index (χ1n) is 11.4. The minimum absolute atomic E-state index is 0.176. The van der Waals surface area contributed by atoms with Crippen molar-refractivity contribution < 1.29 is 27.3 Å². The van der Waals surface area contributed by atoms with Crippen LogP contribution in [0.3, 0.4) is 0 Å². The number of ether oxygens (including phenoxy) is 1. The van der Waals surface area contributed by atoms with Gasteiger partial charge < -0.3 is 20.7 Å². The van der Waals surface area contributed by atoms with Crippen molar-refractivity contribution in [1.29, 1.82) is 0 Å². The fourth-order valence-electron chi connectivity index (χ4n) is 3.48. The Morgan fingerprint density at radius 1 is 0.946 bits per heavy atom. The van der Waals surface area contributed by atoms with Gasteiger partial charge in [0.2, 0.25) is 5.91 Å². The van der Waals surface area contributed by atoms with Crippen LogP contribution in [-0.4, -0.2) is 63.7 Å². The van der Waals surface area contributed by atoms with Crippen LogP contribution in [-0.2, 0) is 16.5 Å². The summed E-state index contributed by atoms with van der Waals surface area (Å²) >= 11 is 0. The summed E-state index contributed by atoms with van der Waals surface area (Å²) in [5.74, 6) is 0.196. The van der Waals surface area contributed by atoms with Crippen LogP contribution in [0.25, 0.3) is 11.1 Å². The van der Waals surface area contributed by atoms with E-state index < -0.39 is 16.0 Å². The molecule has 3 aromatic carbocycles. The van der Waals surface area contributed by atoms with Gasteiger partial charge in [-0.05, 0) is 92.6 Å². The topological polar surface area (TPSA) is 139 Å². The zero-order valence-corrected chi connectivity index (χ0v) is 22.2. The van der Waals surface area contributed by atoms with E-state index in [0.717, 1.165) is 47.5 Å². The smallest absolute Gasteiger partial charge is 0.261 e. The summed E-state index contributed by atoms with van der Waals surface area (Å²) in [4.78, 5) is 26.1. The van der Waals surface area contributed by atoms with Crippen LogP contribution in [0.15, 0.2) is 66.7 Å². The summed E-state index contributed by atoms with van der Waals surface area (Å²) in [6.45, 7) is 0.983. The number of nitrogens with two attached hydrogens (primary N) is 1. The summed E-state index contributed by atoms with van der Waals surface area (Å²) < 4.78 is 31.3. The Balaban J connectivity index is 0.000000877. The zero-order chi connectivity index (χ0) is 27.6. The maximum absolute atomic E-state index is 12.8. The van der Waals surface area contributed by atoms with Gasteiger partial charge in [0.25, 0.3) is 16.0 Å². The molecule has 0 aromatic heterocycles. The molecule has 0 spiro atoms. The number of nitrogens with zero attached hydrogens (tertiary/aromatic N) is 1. The SMILES string of the molecule is COc1ccc(NC(=O)c2ccc(-c3ccc(C(N)=O)cc3)cc2)cc1CCCN(C)C.CS(=O)(=O)O. The minimum Gasteiger partial charge on any atom is -0.496 e. The van der Waals surface area contributed by atoms with Crippen LogP contribution in [0.2, 0.25) is 0 Å². The molecule has 0 heterocycles. The van der Waals surface area contributed by atoms with Crippen LogP contribution in [0.4, 0.5) is 5.69 Å². The van der Waals surface area contributed by atoms with Crippen molar-refractivity contribution in [2.24, 2.45) is 5.73 Å². The molecule has 3 aromatic rings. The third-order valence-corrected chi connectivity index (χ3v) is 5.24. The van der Waals surface area contributed by atoms with Gasteiger partial charge in [0.15, 0.2) is 0 Å². The van der Waals surface area contributed by atoms with Gasteiger partial charge in [-0.25, -0.2) is 0 Å². The molecular formula is C27H33N3O6S. The third-order valence-electron chi connectivity index (χ3n) is 5.24. The maximum Gasteiger partial charge on any atom is 0.261 e. The maximum atomic E-state index is 12.8. The molecule has 0 aliphatic carbocycles. The predicted octanol–water partition coefficient (Wildman–Crippen LogP) is 3.71. The summed E-state index contributed by atoms with van der Waals surface area (Å²) in [7, 11) is 2.09. The highest BCUT2D eigenvalue weighted by atomic mass is 32.2. The van der Waals surface area contributed by atoms with Gasteiger partial charge in [0.05, 0.1) is 13.4 Å². The van der Waals surface area contributed by atoms with Crippen LogP contribution in [0, 0.1) is 0 Å². The number of methoxy groups -OCH3 is 1.